The third-order valence-electron chi connectivity index (χ3n) is 3.30. The molecule has 118 valence electrons. The summed E-state index contributed by atoms with van der Waals surface area (Å²) in [6, 6.07) is 13.2. The monoisotopic (exact) mass is 347 g/mol. The van der Waals surface area contributed by atoms with Gasteiger partial charge in [0.25, 0.3) is 5.19 Å². The van der Waals surface area contributed by atoms with Crippen LogP contribution in [0.3, 0.4) is 0 Å². The third-order valence-corrected chi connectivity index (χ3v) is 4.44. The van der Waals surface area contributed by atoms with Crippen molar-refractivity contribution in [2.45, 2.75) is 12.8 Å². The molecular formula is C17H14ClNO3S. The molecule has 1 heterocycles. The molecule has 0 atom stereocenters. The molecule has 3 aromatic rings. The van der Waals surface area contributed by atoms with Crippen molar-refractivity contribution >= 4 is 39.1 Å². The molecule has 0 spiro atoms. The summed E-state index contributed by atoms with van der Waals surface area (Å²) in [4.78, 5) is 15.6. The highest BCUT2D eigenvalue weighted by Crippen LogP contribution is 2.32. The predicted molar refractivity (Wildman–Crippen MR) is 91.5 cm³/mol. The number of hydrogen-bond donors (Lipinski definition) is 0. The van der Waals surface area contributed by atoms with E-state index in [0.717, 1.165) is 15.8 Å². The van der Waals surface area contributed by atoms with E-state index in [1.165, 1.54) is 18.4 Å². The van der Waals surface area contributed by atoms with Crippen LogP contribution in [0.5, 0.6) is 10.9 Å². The number of ether oxygens (including phenoxy) is 2. The van der Waals surface area contributed by atoms with Gasteiger partial charge in [-0.2, -0.15) is 0 Å². The average molecular weight is 348 g/mol. The molecule has 0 aliphatic heterocycles. The molecule has 0 saturated carbocycles. The van der Waals surface area contributed by atoms with E-state index in [1.54, 1.807) is 0 Å². The zero-order valence-corrected chi connectivity index (χ0v) is 14.0. The van der Waals surface area contributed by atoms with Crippen molar-refractivity contribution < 1.29 is 14.3 Å². The molecular weight excluding hydrogens is 334 g/mol. The lowest BCUT2D eigenvalue weighted by atomic mass is 10.1. The molecule has 0 unspecified atom stereocenters. The van der Waals surface area contributed by atoms with Gasteiger partial charge in [0.2, 0.25) is 0 Å². The average Bonchev–Trinajstić information content (AvgIpc) is 2.95. The van der Waals surface area contributed by atoms with Crippen LogP contribution in [0.25, 0.3) is 10.2 Å². The molecule has 0 aliphatic rings. The van der Waals surface area contributed by atoms with Crippen molar-refractivity contribution in [3.05, 3.63) is 53.1 Å². The second-order valence-corrected chi connectivity index (χ2v) is 6.34. The van der Waals surface area contributed by atoms with Crippen molar-refractivity contribution in [2.24, 2.45) is 0 Å². The van der Waals surface area contributed by atoms with Gasteiger partial charge in [-0.3, -0.25) is 4.79 Å². The maximum absolute atomic E-state index is 11.1. The van der Waals surface area contributed by atoms with E-state index < -0.39 is 0 Å². The van der Waals surface area contributed by atoms with E-state index in [9.17, 15) is 4.79 Å². The van der Waals surface area contributed by atoms with Gasteiger partial charge in [-0.25, -0.2) is 4.98 Å². The molecule has 0 radical (unpaired) electrons. The first-order valence-electron chi connectivity index (χ1n) is 7.04. The van der Waals surface area contributed by atoms with Crippen molar-refractivity contribution in [2.75, 3.05) is 7.11 Å². The van der Waals surface area contributed by atoms with Gasteiger partial charge < -0.3 is 9.47 Å². The molecule has 4 nitrogen and oxygen atoms in total. The number of methoxy groups -OCH3 is 1. The molecule has 3 rings (SSSR count). The number of aromatic nitrogens is 1. The molecule has 0 saturated heterocycles. The zero-order valence-electron chi connectivity index (χ0n) is 12.4. The molecule has 6 heteroatoms. The summed E-state index contributed by atoms with van der Waals surface area (Å²) < 4.78 is 11.4. The molecule has 23 heavy (non-hydrogen) atoms. The van der Waals surface area contributed by atoms with Gasteiger partial charge in [0.15, 0.2) is 0 Å². The number of aryl methyl sites for hydroxylation is 1. The Kier molecular flexibility index (Phi) is 4.79. The normalized spacial score (nSPS) is 10.7. The summed E-state index contributed by atoms with van der Waals surface area (Å²) in [6.45, 7) is 0. The minimum absolute atomic E-state index is 0.210. The predicted octanol–water partition coefficient (Wildman–Crippen LogP) is 4.85. The number of benzene rings is 2. The summed E-state index contributed by atoms with van der Waals surface area (Å²) in [5.74, 6) is 0.496. The number of thiazole rings is 1. The number of fused-ring (bicyclic) bond motifs is 1. The number of carbonyl (C=O) groups excluding carboxylic acids is 1. The Morgan fingerprint density at radius 3 is 2.74 bits per heavy atom. The van der Waals surface area contributed by atoms with Crippen molar-refractivity contribution in [1.29, 1.82) is 0 Å². The molecule has 2 aromatic carbocycles. The third kappa shape index (κ3) is 4.00. The number of nitrogens with zero attached hydrogens (tertiary/aromatic N) is 1. The quantitative estimate of drug-likeness (QED) is 0.619. The molecule has 0 amide bonds. The Labute approximate surface area is 142 Å². The number of rotatable bonds is 5. The number of carbonyl (C=O) groups is 1. The Morgan fingerprint density at radius 1 is 1.22 bits per heavy atom. The van der Waals surface area contributed by atoms with E-state index in [-0.39, 0.29) is 5.97 Å². The fourth-order valence-corrected chi connectivity index (χ4v) is 3.21. The van der Waals surface area contributed by atoms with E-state index in [4.69, 9.17) is 16.3 Å². The lowest BCUT2D eigenvalue weighted by Gasteiger charge is -2.04. The topological polar surface area (TPSA) is 48.4 Å². The lowest BCUT2D eigenvalue weighted by molar-refractivity contribution is -0.140. The number of halogens is 1. The highest BCUT2D eigenvalue weighted by Gasteiger charge is 2.07. The van der Waals surface area contributed by atoms with Crippen molar-refractivity contribution in [3.63, 3.8) is 0 Å². The Hall–Kier alpha value is -2.11. The highest BCUT2D eigenvalue weighted by molar-refractivity contribution is 7.20. The van der Waals surface area contributed by atoms with Crippen LogP contribution >= 0.6 is 22.9 Å². The van der Waals surface area contributed by atoms with Crippen LogP contribution in [0.1, 0.15) is 12.0 Å². The lowest BCUT2D eigenvalue weighted by Crippen LogP contribution is -2.01. The van der Waals surface area contributed by atoms with Crippen LogP contribution in [0, 0.1) is 0 Å². The van der Waals surface area contributed by atoms with Gasteiger partial charge in [0.1, 0.15) is 5.75 Å². The standard InChI is InChI=1S/C17H14ClNO3S/c1-21-16(20)9-4-11-2-6-13(7-3-11)22-17-19-14-8-5-12(18)10-15(14)23-17/h2-3,5-8,10H,4,9H2,1H3. The first kappa shape index (κ1) is 15.8. The van der Waals surface area contributed by atoms with Gasteiger partial charge in [0.05, 0.1) is 17.3 Å². The zero-order chi connectivity index (χ0) is 16.2. The molecule has 1 aromatic heterocycles. The van der Waals surface area contributed by atoms with Crippen LogP contribution in [0.4, 0.5) is 0 Å². The van der Waals surface area contributed by atoms with Crippen LogP contribution in [0.2, 0.25) is 5.02 Å². The summed E-state index contributed by atoms with van der Waals surface area (Å²) in [7, 11) is 1.39. The summed E-state index contributed by atoms with van der Waals surface area (Å²) >= 11 is 7.42. The number of hydrogen-bond acceptors (Lipinski definition) is 5. The van der Waals surface area contributed by atoms with Gasteiger partial charge >= 0.3 is 5.97 Å². The van der Waals surface area contributed by atoms with E-state index >= 15 is 0 Å². The van der Waals surface area contributed by atoms with Crippen molar-refractivity contribution in [1.82, 2.24) is 4.98 Å². The summed E-state index contributed by atoms with van der Waals surface area (Å²) in [5, 5.41) is 1.26. The second kappa shape index (κ2) is 6.98. The summed E-state index contributed by atoms with van der Waals surface area (Å²) in [6.07, 6.45) is 1.02. The van der Waals surface area contributed by atoms with Crippen LogP contribution < -0.4 is 4.74 Å². The van der Waals surface area contributed by atoms with E-state index in [0.29, 0.717) is 28.8 Å². The van der Waals surface area contributed by atoms with Gasteiger partial charge in [-0.1, -0.05) is 35.1 Å². The number of esters is 1. The van der Waals surface area contributed by atoms with Crippen LogP contribution in [-0.4, -0.2) is 18.1 Å². The minimum Gasteiger partial charge on any atom is -0.469 e. The van der Waals surface area contributed by atoms with Crippen LogP contribution in [0.15, 0.2) is 42.5 Å². The van der Waals surface area contributed by atoms with E-state index in [1.807, 2.05) is 42.5 Å². The SMILES string of the molecule is COC(=O)CCc1ccc(Oc2nc3ccc(Cl)cc3s2)cc1. The summed E-state index contributed by atoms with van der Waals surface area (Å²) in [5.41, 5.74) is 1.92. The van der Waals surface area contributed by atoms with Crippen LogP contribution in [-0.2, 0) is 16.0 Å². The first-order valence-corrected chi connectivity index (χ1v) is 8.23. The van der Waals surface area contributed by atoms with E-state index in [2.05, 4.69) is 9.72 Å². The van der Waals surface area contributed by atoms with Gasteiger partial charge in [-0.15, -0.1) is 0 Å². The molecule has 0 aliphatic carbocycles. The largest absolute Gasteiger partial charge is 0.469 e. The fraction of sp³-hybridized carbons (Fsp3) is 0.176. The van der Waals surface area contributed by atoms with Gasteiger partial charge in [0, 0.05) is 11.4 Å². The molecule has 0 bridgehead atoms. The fourth-order valence-electron chi connectivity index (χ4n) is 2.09. The van der Waals surface area contributed by atoms with Gasteiger partial charge in [-0.05, 0) is 42.3 Å². The Bertz CT molecular complexity index is 829. The van der Waals surface area contributed by atoms with Crippen molar-refractivity contribution in [3.8, 4) is 10.9 Å². The smallest absolute Gasteiger partial charge is 0.305 e. The maximum Gasteiger partial charge on any atom is 0.305 e. The molecule has 0 fully saturated rings. The Balaban J connectivity index is 1.68. The first-order chi connectivity index (χ1) is 11.1. The second-order valence-electron chi connectivity index (χ2n) is 4.91. The maximum atomic E-state index is 11.1. The highest BCUT2D eigenvalue weighted by atomic mass is 35.5. The minimum atomic E-state index is -0.210. The molecule has 0 N–H and O–H groups in total. The Morgan fingerprint density at radius 2 is 2.00 bits per heavy atom.